The third-order valence-electron chi connectivity index (χ3n) is 1.94. The van der Waals surface area contributed by atoms with Crippen molar-refractivity contribution in [3.63, 3.8) is 0 Å². The number of hydrogen-bond acceptors (Lipinski definition) is 3. The summed E-state index contributed by atoms with van der Waals surface area (Å²) in [6.07, 6.45) is 1.95. The predicted molar refractivity (Wildman–Crippen MR) is 50.8 cm³/mol. The smallest absolute Gasteiger partial charge is 0.216 e. The van der Waals surface area contributed by atoms with Gasteiger partial charge in [0.25, 0.3) is 0 Å². The average Bonchev–Trinajstić information content (AvgIpc) is 2.52. The predicted octanol–water partition coefficient (Wildman–Crippen LogP) is 0.720. The van der Waals surface area contributed by atoms with E-state index in [1.165, 1.54) is 6.92 Å². The van der Waals surface area contributed by atoms with Crippen molar-refractivity contribution in [1.29, 1.82) is 0 Å². The monoisotopic (exact) mass is 184 g/mol. The molecule has 0 saturated carbocycles. The van der Waals surface area contributed by atoms with Crippen LogP contribution in [0.2, 0.25) is 0 Å². The van der Waals surface area contributed by atoms with E-state index < -0.39 is 0 Å². The number of carbonyl (C=O) groups excluding carboxylic acids is 1. The first-order valence-corrected chi connectivity index (χ1v) is 4.66. The lowest BCUT2D eigenvalue weighted by Gasteiger charge is -2.08. The van der Waals surface area contributed by atoms with Crippen LogP contribution in [0.1, 0.15) is 26.7 Å². The van der Waals surface area contributed by atoms with Gasteiger partial charge in [0.2, 0.25) is 5.91 Å². The molecule has 0 bridgehead atoms. The van der Waals surface area contributed by atoms with E-state index in [1.807, 2.05) is 0 Å². The molecule has 0 aromatic carbocycles. The van der Waals surface area contributed by atoms with Crippen LogP contribution in [0.4, 0.5) is 0 Å². The minimum atomic E-state index is -0.00867. The topological polar surface area (TPSA) is 50.7 Å². The molecule has 4 heteroatoms. The summed E-state index contributed by atoms with van der Waals surface area (Å²) in [5, 5.41) is 2.71. The number of nitrogens with zero attached hydrogens (tertiary/aromatic N) is 1. The molecule has 0 saturated heterocycles. The Kier molecular flexibility index (Phi) is 3.73. The molecular weight excluding hydrogens is 168 g/mol. The lowest BCUT2D eigenvalue weighted by Crippen LogP contribution is -2.23. The normalized spacial score (nSPS) is 20.8. The first-order valence-electron chi connectivity index (χ1n) is 4.66. The van der Waals surface area contributed by atoms with Crippen molar-refractivity contribution < 1.29 is 9.53 Å². The lowest BCUT2D eigenvalue weighted by atomic mass is 10.3. The van der Waals surface area contributed by atoms with Crippen molar-refractivity contribution in [2.24, 2.45) is 4.99 Å². The molecule has 1 N–H and O–H groups in total. The minimum Gasteiger partial charge on any atom is -0.476 e. The number of ether oxygens (including phenoxy) is 1. The SMILES string of the molecule is CCC1CN=C(CCNC(C)=O)O1. The molecular formula is C9H16N2O2. The number of hydrogen-bond donors (Lipinski definition) is 1. The second kappa shape index (κ2) is 4.84. The second-order valence-corrected chi connectivity index (χ2v) is 3.12. The van der Waals surface area contributed by atoms with Crippen LogP contribution in [-0.2, 0) is 9.53 Å². The summed E-state index contributed by atoms with van der Waals surface area (Å²) in [7, 11) is 0. The van der Waals surface area contributed by atoms with Crippen LogP contribution in [0, 0.1) is 0 Å². The maximum atomic E-state index is 10.5. The van der Waals surface area contributed by atoms with Crippen LogP contribution >= 0.6 is 0 Å². The van der Waals surface area contributed by atoms with Crippen molar-refractivity contribution in [3.05, 3.63) is 0 Å². The van der Waals surface area contributed by atoms with Gasteiger partial charge in [0.05, 0.1) is 6.54 Å². The molecule has 1 rings (SSSR count). The highest BCUT2D eigenvalue weighted by Gasteiger charge is 2.16. The molecule has 0 radical (unpaired) electrons. The molecule has 0 spiro atoms. The van der Waals surface area contributed by atoms with E-state index >= 15 is 0 Å². The summed E-state index contributed by atoms with van der Waals surface area (Å²) in [6.45, 7) is 4.97. The summed E-state index contributed by atoms with van der Waals surface area (Å²) in [5.41, 5.74) is 0. The highest BCUT2D eigenvalue weighted by Crippen LogP contribution is 2.09. The lowest BCUT2D eigenvalue weighted by molar-refractivity contribution is -0.118. The van der Waals surface area contributed by atoms with E-state index in [-0.39, 0.29) is 12.0 Å². The van der Waals surface area contributed by atoms with E-state index in [2.05, 4.69) is 17.2 Å². The maximum absolute atomic E-state index is 10.5. The van der Waals surface area contributed by atoms with Crippen molar-refractivity contribution >= 4 is 11.8 Å². The van der Waals surface area contributed by atoms with Gasteiger partial charge in [0, 0.05) is 19.9 Å². The van der Waals surface area contributed by atoms with E-state index in [4.69, 9.17) is 4.74 Å². The van der Waals surface area contributed by atoms with Crippen molar-refractivity contribution in [2.45, 2.75) is 32.8 Å². The number of aliphatic imine (C=N–C) groups is 1. The Hall–Kier alpha value is -1.06. The Morgan fingerprint density at radius 3 is 3.08 bits per heavy atom. The molecule has 1 aliphatic heterocycles. The third kappa shape index (κ3) is 3.44. The maximum Gasteiger partial charge on any atom is 0.216 e. The molecule has 1 aliphatic rings. The van der Waals surface area contributed by atoms with Gasteiger partial charge in [-0.3, -0.25) is 9.79 Å². The van der Waals surface area contributed by atoms with Gasteiger partial charge in [-0.2, -0.15) is 0 Å². The standard InChI is InChI=1S/C9H16N2O2/c1-3-8-6-11-9(13-8)4-5-10-7(2)12/h8H,3-6H2,1-2H3,(H,10,12). The molecule has 1 atom stereocenters. The Morgan fingerprint density at radius 2 is 2.54 bits per heavy atom. The molecule has 0 aromatic heterocycles. The Morgan fingerprint density at radius 1 is 1.77 bits per heavy atom. The summed E-state index contributed by atoms with van der Waals surface area (Å²) in [4.78, 5) is 14.8. The van der Waals surface area contributed by atoms with Crippen molar-refractivity contribution in [2.75, 3.05) is 13.1 Å². The van der Waals surface area contributed by atoms with Crippen LogP contribution < -0.4 is 5.32 Å². The van der Waals surface area contributed by atoms with Gasteiger partial charge >= 0.3 is 0 Å². The number of nitrogens with one attached hydrogen (secondary N) is 1. The molecule has 13 heavy (non-hydrogen) atoms. The quantitative estimate of drug-likeness (QED) is 0.700. The Balaban J connectivity index is 2.13. The molecule has 1 amide bonds. The molecule has 74 valence electrons. The van der Waals surface area contributed by atoms with Gasteiger partial charge in [-0.05, 0) is 6.42 Å². The molecule has 1 heterocycles. The third-order valence-corrected chi connectivity index (χ3v) is 1.94. The number of rotatable bonds is 4. The van der Waals surface area contributed by atoms with Crippen LogP contribution in [0.5, 0.6) is 0 Å². The number of amides is 1. The summed E-state index contributed by atoms with van der Waals surface area (Å²) in [6, 6.07) is 0. The molecule has 0 fully saturated rings. The second-order valence-electron chi connectivity index (χ2n) is 3.12. The fraction of sp³-hybridized carbons (Fsp3) is 0.778. The molecule has 0 aromatic rings. The fourth-order valence-corrected chi connectivity index (χ4v) is 1.17. The highest BCUT2D eigenvalue weighted by molar-refractivity contribution is 5.79. The van der Waals surface area contributed by atoms with E-state index in [0.29, 0.717) is 13.0 Å². The van der Waals surface area contributed by atoms with Gasteiger partial charge < -0.3 is 10.1 Å². The highest BCUT2D eigenvalue weighted by atomic mass is 16.5. The first kappa shape index (κ1) is 10.0. The van der Waals surface area contributed by atoms with Crippen molar-refractivity contribution in [1.82, 2.24) is 5.32 Å². The zero-order valence-corrected chi connectivity index (χ0v) is 8.17. The fourth-order valence-electron chi connectivity index (χ4n) is 1.17. The zero-order valence-electron chi connectivity index (χ0n) is 8.17. The first-order chi connectivity index (χ1) is 6.22. The van der Waals surface area contributed by atoms with E-state index in [1.54, 1.807) is 0 Å². The Bertz CT molecular complexity index is 214. The van der Waals surface area contributed by atoms with Crippen molar-refractivity contribution in [3.8, 4) is 0 Å². The zero-order chi connectivity index (χ0) is 9.68. The number of carbonyl (C=O) groups is 1. The van der Waals surface area contributed by atoms with Gasteiger partial charge in [0.1, 0.15) is 6.10 Å². The van der Waals surface area contributed by atoms with Crippen LogP contribution in [-0.4, -0.2) is 31.0 Å². The molecule has 1 unspecified atom stereocenters. The van der Waals surface area contributed by atoms with Crippen LogP contribution in [0.3, 0.4) is 0 Å². The van der Waals surface area contributed by atoms with Crippen LogP contribution in [0.15, 0.2) is 4.99 Å². The van der Waals surface area contributed by atoms with Gasteiger partial charge in [-0.25, -0.2) is 0 Å². The van der Waals surface area contributed by atoms with Gasteiger partial charge in [-0.1, -0.05) is 6.92 Å². The molecule has 0 aliphatic carbocycles. The minimum absolute atomic E-state index is 0.00867. The summed E-state index contributed by atoms with van der Waals surface area (Å²) in [5.74, 6) is 0.770. The van der Waals surface area contributed by atoms with E-state index in [0.717, 1.165) is 18.9 Å². The van der Waals surface area contributed by atoms with Crippen LogP contribution in [0.25, 0.3) is 0 Å². The Labute approximate surface area is 78.4 Å². The van der Waals surface area contributed by atoms with Gasteiger partial charge in [0.15, 0.2) is 5.90 Å². The summed E-state index contributed by atoms with van der Waals surface area (Å²) >= 11 is 0. The van der Waals surface area contributed by atoms with Gasteiger partial charge in [-0.15, -0.1) is 0 Å². The average molecular weight is 184 g/mol. The largest absolute Gasteiger partial charge is 0.476 e. The van der Waals surface area contributed by atoms with E-state index in [9.17, 15) is 4.79 Å². The molecule has 4 nitrogen and oxygen atoms in total. The summed E-state index contributed by atoms with van der Waals surface area (Å²) < 4.78 is 5.49.